The molecule has 2 amide bonds. The van der Waals surface area contributed by atoms with Crippen molar-refractivity contribution in [3.05, 3.63) is 23.8 Å². The van der Waals surface area contributed by atoms with E-state index < -0.39 is 0 Å². The molecular weight excluding hydrogens is 306 g/mol. The van der Waals surface area contributed by atoms with Crippen molar-refractivity contribution in [2.24, 2.45) is 0 Å². The lowest BCUT2D eigenvalue weighted by Gasteiger charge is -2.17. The molecule has 2 aliphatic heterocycles. The van der Waals surface area contributed by atoms with E-state index in [4.69, 9.17) is 4.74 Å². The number of carbonyl (C=O) groups is 2. The van der Waals surface area contributed by atoms with Crippen molar-refractivity contribution in [2.45, 2.75) is 44.6 Å². The van der Waals surface area contributed by atoms with Crippen LogP contribution in [0.2, 0.25) is 0 Å². The third kappa shape index (κ3) is 4.71. The van der Waals surface area contributed by atoms with Crippen molar-refractivity contribution in [1.82, 2.24) is 10.6 Å². The summed E-state index contributed by atoms with van der Waals surface area (Å²) in [5.74, 6) is 0.941. The molecule has 0 spiro atoms. The first-order valence-corrected chi connectivity index (χ1v) is 8.76. The van der Waals surface area contributed by atoms with Crippen LogP contribution in [0, 0.1) is 0 Å². The van der Waals surface area contributed by atoms with Crippen LogP contribution in [-0.2, 0) is 16.0 Å². The van der Waals surface area contributed by atoms with Gasteiger partial charge in [-0.1, -0.05) is 0 Å². The van der Waals surface area contributed by atoms with Gasteiger partial charge in [0.15, 0.2) is 0 Å². The zero-order valence-corrected chi connectivity index (χ0v) is 13.9. The van der Waals surface area contributed by atoms with Crippen molar-refractivity contribution >= 4 is 17.5 Å². The maximum atomic E-state index is 11.8. The van der Waals surface area contributed by atoms with E-state index in [-0.39, 0.29) is 11.8 Å². The first-order valence-electron chi connectivity index (χ1n) is 8.76. The quantitative estimate of drug-likeness (QED) is 0.663. The second kappa shape index (κ2) is 8.15. The summed E-state index contributed by atoms with van der Waals surface area (Å²) in [6.45, 7) is 2.29. The number of ether oxygens (including phenoxy) is 1. The van der Waals surface area contributed by atoms with Gasteiger partial charge in [0, 0.05) is 31.1 Å². The van der Waals surface area contributed by atoms with E-state index in [1.54, 1.807) is 0 Å². The lowest BCUT2D eigenvalue weighted by molar-refractivity contribution is -0.121. The van der Waals surface area contributed by atoms with Crippen molar-refractivity contribution in [2.75, 3.05) is 25.0 Å². The molecule has 24 heavy (non-hydrogen) atoms. The van der Waals surface area contributed by atoms with Crippen molar-refractivity contribution in [3.63, 3.8) is 0 Å². The Morgan fingerprint density at radius 2 is 2.25 bits per heavy atom. The molecule has 130 valence electrons. The molecule has 0 aliphatic carbocycles. The fraction of sp³-hybridized carbons (Fsp3) is 0.556. The first-order chi connectivity index (χ1) is 11.7. The topological polar surface area (TPSA) is 79.5 Å². The molecule has 1 aromatic carbocycles. The number of aryl methyl sites for hydroxylation is 1. The highest BCUT2D eigenvalue weighted by Crippen LogP contribution is 2.26. The van der Waals surface area contributed by atoms with Crippen LogP contribution in [0.5, 0.6) is 5.75 Å². The second-order valence-corrected chi connectivity index (χ2v) is 6.42. The van der Waals surface area contributed by atoms with Crippen LogP contribution in [-0.4, -0.2) is 37.6 Å². The summed E-state index contributed by atoms with van der Waals surface area (Å²) in [6, 6.07) is 6.14. The number of rotatable bonds is 7. The smallest absolute Gasteiger partial charge is 0.224 e. The van der Waals surface area contributed by atoms with Crippen LogP contribution in [0.15, 0.2) is 18.2 Å². The van der Waals surface area contributed by atoms with Gasteiger partial charge < -0.3 is 20.7 Å². The fourth-order valence-corrected chi connectivity index (χ4v) is 3.13. The average molecular weight is 331 g/mol. The number of hydrogen-bond acceptors (Lipinski definition) is 4. The first kappa shape index (κ1) is 16.8. The number of benzene rings is 1. The molecule has 3 rings (SSSR count). The molecule has 1 aromatic rings. The molecule has 6 heteroatoms. The van der Waals surface area contributed by atoms with Gasteiger partial charge in [-0.15, -0.1) is 0 Å². The maximum Gasteiger partial charge on any atom is 0.224 e. The zero-order valence-electron chi connectivity index (χ0n) is 13.9. The van der Waals surface area contributed by atoms with Gasteiger partial charge in [-0.2, -0.15) is 0 Å². The second-order valence-electron chi connectivity index (χ2n) is 6.42. The highest BCUT2D eigenvalue weighted by Gasteiger charge is 2.16. The van der Waals surface area contributed by atoms with Crippen molar-refractivity contribution in [3.8, 4) is 5.75 Å². The molecule has 1 fully saturated rings. The summed E-state index contributed by atoms with van der Waals surface area (Å²) in [5, 5.41) is 9.19. The Balaban J connectivity index is 1.34. The molecule has 3 N–H and O–H groups in total. The van der Waals surface area contributed by atoms with Gasteiger partial charge in [-0.3, -0.25) is 9.59 Å². The predicted molar refractivity (Wildman–Crippen MR) is 92.2 cm³/mol. The van der Waals surface area contributed by atoms with Crippen LogP contribution >= 0.6 is 0 Å². The Hall–Kier alpha value is -2.08. The van der Waals surface area contributed by atoms with Crippen molar-refractivity contribution < 1.29 is 14.3 Å². The summed E-state index contributed by atoms with van der Waals surface area (Å²) >= 11 is 0. The summed E-state index contributed by atoms with van der Waals surface area (Å²) in [6.07, 6.45) is 4.77. The minimum Gasteiger partial charge on any atom is -0.494 e. The predicted octanol–water partition coefficient (Wildman–Crippen LogP) is 1.60. The van der Waals surface area contributed by atoms with E-state index in [1.807, 2.05) is 18.2 Å². The molecule has 2 aliphatic rings. The van der Waals surface area contributed by atoms with Gasteiger partial charge in [0.1, 0.15) is 5.75 Å². The molecule has 1 saturated heterocycles. The van der Waals surface area contributed by atoms with E-state index in [2.05, 4.69) is 16.0 Å². The number of amides is 2. The summed E-state index contributed by atoms with van der Waals surface area (Å²) < 4.78 is 5.72. The highest BCUT2D eigenvalue weighted by molar-refractivity contribution is 5.94. The summed E-state index contributed by atoms with van der Waals surface area (Å²) in [5.41, 5.74) is 1.98. The number of anilines is 1. The fourth-order valence-electron chi connectivity index (χ4n) is 3.13. The number of fused-ring (bicyclic) bond motifs is 1. The normalized spacial score (nSPS) is 19.5. The number of nitrogens with one attached hydrogen (secondary N) is 3. The molecule has 0 radical (unpaired) electrons. The minimum atomic E-state index is 0.0648. The van der Waals surface area contributed by atoms with Gasteiger partial charge in [0.25, 0.3) is 0 Å². The Morgan fingerprint density at radius 1 is 1.33 bits per heavy atom. The van der Waals surface area contributed by atoms with Crippen LogP contribution in [0.4, 0.5) is 5.69 Å². The lowest BCUT2D eigenvalue weighted by atomic mass is 10.0. The third-order valence-corrected chi connectivity index (χ3v) is 4.50. The van der Waals surface area contributed by atoms with Gasteiger partial charge in [-0.25, -0.2) is 0 Å². The Labute approximate surface area is 142 Å². The standard InChI is InChI=1S/C18H25N3O3/c22-17(20-12-14-3-1-9-19-14)4-2-10-24-15-6-7-16-13(11-15)5-8-18(23)21-16/h6-7,11,14,19H,1-5,8-10,12H2,(H,20,22)(H,21,23). The summed E-state index contributed by atoms with van der Waals surface area (Å²) in [7, 11) is 0. The monoisotopic (exact) mass is 331 g/mol. The minimum absolute atomic E-state index is 0.0648. The highest BCUT2D eigenvalue weighted by atomic mass is 16.5. The van der Waals surface area contributed by atoms with E-state index in [1.165, 1.54) is 6.42 Å². The third-order valence-electron chi connectivity index (χ3n) is 4.50. The molecule has 1 atom stereocenters. The van der Waals surface area contributed by atoms with E-state index in [0.29, 0.717) is 31.9 Å². The summed E-state index contributed by atoms with van der Waals surface area (Å²) in [4.78, 5) is 23.1. The molecule has 1 unspecified atom stereocenters. The van der Waals surface area contributed by atoms with Gasteiger partial charge in [0.05, 0.1) is 6.61 Å². The molecule has 0 saturated carbocycles. The van der Waals surface area contributed by atoms with Crippen LogP contribution < -0.4 is 20.7 Å². The van der Waals surface area contributed by atoms with E-state index in [0.717, 1.165) is 42.9 Å². The molecular formula is C18H25N3O3. The lowest BCUT2D eigenvalue weighted by Crippen LogP contribution is -2.37. The van der Waals surface area contributed by atoms with Crippen LogP contribution in [0.25, 0.3) is 0 Å². The molecule has 2 heterocycles. The largest absolute Gasteiger partial charge is 0.494 e. The Bertz CT molecular complexity index is 597. The van der Waals surface area contributed by atoms with Crippen LogP contribution in [0.3, 0.4) is 0 Å². The molecule has 0 aromatic heterocycles. The molecule has 6 nitrogen and oxygen atoms in total. The number of carbonyl (C=O) groups excluding carboxylic acids is 2. The van der Waals surface area contributed by atoms with Gasteiger partial charge in [-0.05, 0) is 56.0 Å². The Morgan fingerprint density at radius 3 is 3.08 bits per heavy atom. The number of hydrogen-bond donors (Lipinski definition) is 3. The SMILES string of the molecule is O=C(CCCOc1ccc2c(c1)CCC(=O)N2)NCC1CCCN1. The van der Waals surface area contributed by atoms with Crippen LogP contribution in [0.1, 0.15) is 37.7 Å². The van der Waals surface area contributed by atoms with E-state index in [9.17, 15) is 9.59 Å². The average Bonchev–Trinajstić information content (AvgIpc) is 3.10. The molecule has 0 bridgehead atoms. The van der Waals surface area contributed by atoms with E-state index >= 15 is 0 Å². The zero-order chi connectivity index (χ0) is 16.8. The van der Waals surface area contributed by atoms with Gasteiger partial charge >= 0.3 is 0 Å². The maximum absolute atomic E-state index is 11.8. The Kier molecular flexibility index (Phi) is 5.69. The van der Waals surface area contributed by atoms with Crippen molar-refractivity contribution in [1.29, 1.82) is 0 Å². The van der Waals surface area contributed by atoms with Gasteiger partial charge in [0.2, 0.25) is 11.8 Å².